The third-order valence-corrected chi connectivity index (χ3v) is 3.16. The van der Waals surface area contributed by atoms with Gasteiger partial charge in [0.25, 0.3) is 5.56 Å². The maximum atomic E-state index is 11.7. The molecule has 110 valence electrons. The number of halogens is 1. The molecule has 1 fully saturated rings. The minimum Gasteiger partial charge on any atom is -0.394 e. The van der Waals surface area contributed by atoms with E-state index in [9.17, 15) is 19.8 Å². The summed E-state index contributed by atoms with van der Waals surface area (Å²) in [5, 5.41) is 28.5. The number of hydrogen-bond donors (Lipinski definition) is 4. The Balaban J connectivity index is 2.46. The molecule has 2 heterocycles. The van der Waals surface area contributed by atoms with Crippen LogP contribution >= 0.6 is 11.6 Å². The number of aromatic nitrogens is 2. The molecule has 1 aromatic heterocycles. The molecule has 0 saturated carbocycles. The fraction of sp³-hybridized carbons (Fsp3) is 0.455. The largest absolute Gasteiger partial charge is 0.394 e. The number of aliphatic hydroxyl groups is 3. The Labute approximate surface area is 117 Å². The third kappa shape index (κ3) is 2.56. The Morgan fingerprint density at radius 3 is 2.65 bits per heavy atom. The first kappa shape index (κ1) is 14.9. The molecular weight excluding hydrogens is 292 g/mol. The van der Waals surface area contributed by atoms with Crippen molar-refractivity contribution in [2.24, 2.45) is 0 Å². The van der Waals surface area contributed by atoms with E-state index in [4.69, 9.17) is 21.4 Å². The fourth-order valence-corrected chi connectivity index (χ4v) is 2.12. The Kier molecular flexibility index (Phi) is 4.41. The average Bonchev–Trinajstić information content (AvgIpc) is 2.70. The number of rotatable bonds is 3. The van der Waals surface area contributed by atoms with Gasteiger partial charge in [0.05, 0.1) is 12.2 Å². The molecule has 0 aromatic carbocycles. The van der Waals surface area contributed by atoms with Crippen LogP contribution in [0.25, 0.3) is 6.08 Å². The highest BCUT2D eigenvalue weighted by Gasteiger charge is 2.43. The summed E-state index contributed by atoms with van der Waals surface area (Å²) < 4.78 is 6.14. The predicted molar refractivity (Wildman–Crippen MR) is 69.2 cm³/mol. The van der Waals surface area contributed by atoms with Gasteiger partial charge in [0.1, 0.15) is 18.3 Å². The summed E-state index contributed by atoms with van der Waals surface area (Å²) in [6.45, 7) is -0.513. The topological polar surface area (TPSA) is 125 Å². The minimum atomic E-state index is -1.41. The van der Waals surface area contributed by atoms with Gasteiger partial charge < -0.3 is 20.1 Å². The van der Waals surface area contributed by atoms with Gasteiger partial charge in [-0.25, -0.2) is 4.79 Å². The van der Waals surface area contributed by atoms with Crippen molar-refractivity contribution >= 4 is 17.7 Å². The lowest BCUT2D eigenvalue weighted by molar-refractivity contribution is -0.0550. The zero-order valence-electron chi connectivity index (χ0n) is 10.1. The van der Waals surface area contributed by atoms with Gasteiger partial charge in [-0.2, -0.15) is 0 Å². The van der Waals surface area contributed by atoms with E-state index in [0.29, 0.717) is 0 Å². The summed E-state index contributed by atoms with van der Waals surface area (Å²) >= 11 is 5.38. The number of nitrogens with zero attached hydrogens (tertiary/aromatic N) is 1. The lowest BCUT2D eigenvalue weighted by Crippen LogP contribution is -2.38. The van der Waals surface area contributed by atoms with Crippen LogP contribution in [-0.2, 0) is 4.74 Å². The van der Waals surface area contributed by atoms with E-state index in [1.165, 1.54) is 6.08 Å². The first-order valence-electron chi connectivity index (χ1n) is 5.74. The number of aliphatic hydroxyl groups excluding tert-OH is 3. The van der Waals surface area contributed by atoms with Crippen molar-refractivity contribution in [2.75, 3.05) is 6.61 Å². The van der Waals surface area contributed by atoms with Gasteiger partial charge in [0.15, 0.2) is 6.23 Å². The van der Waals surface area contributed by atoms with Gasteiger partial charge in [0.2, 0.25) is 0 Å². The van der Waals surface area contributed by atoms with Crippen molar-refractivity contribution in [1.82, 2.24) is 9.55 Å². The normalized spacial score (nSPS) is 30.2. The molecule has 0 bridgehead atoms. The molecule has 4 unspecified atom stereocenters. The molecule has 1 aromatic rings. The van der Waals surface area contributed by atoms with Crippen molar-refractivity contribution in [3.63, 3.8) is 0 Å². The Morgan fingerprint density at radius 2 is 2.10 bits per heavy atom. The number of H-pyrrole nitrogens is 1. The molecule has 1 aliphatic heterocycles. The van der Waals surface area contributed by atoms with Crippen LogP contribution in [0.15, 0.2) is 21.3 Å². The van der Waals surface area contributed by atoms with Crippen molar-refractivity contribution in [3.05, 3.63) is 38.1 Å². The highest BCUT2D eigenvalue weighted by Crippen LogP contribution is 2.27. The smallest absolute Gasteiger partial charge is 0.330 e. The summed E-state index contributed by atoms with van der Waals surface area (Å²) in [6.07, 6.45) is -2.56. The van der Waals surface area contributed by atoms with Crippen LogP contribution in [-0.4, -0.2) is 49.8 Å². The van der Waals surface area contributed by atoms with Gasteiger partial charge in [-0.15, -0.1) is 0 Å². The summed E-state index contributed by atoms with van der Waals surface area (Å²) in [7, 11) is 0. The molecule has 20 heavy (non-hydrogen) atoms. The van der Waals surface area contributed by atoms with Crippen LogP contribution < -0.4 is 11.2 Å². The van der Waals surface area contributed by atoms with Crippen molar-refractivity contribution < 1.29 is 20.1 Å². The van der Waals surface area contributed by atoms with Crippen molar-refractivity contribution in [1.29, 1.82) is 0 Å². The molecule has 9 heteroatoms. The molecule has 0 radical (unpaired) electrons. The molecule has 2 rings (SSSR count). The molecule has 4 N–H and O–H groups in total. The first-order chi connectivity index (χ1) is 9.49. The van der Waals surface area contributed by atoms with Crippen LogP contribution in [0.3, 0.4) is 0 Å². The van der Waals surface area contributed by atoms with Crippen molar-refractivity contribution in [3.8, 4) is 0 Å². The van der Waals surface area contributed by atoms with Gasteiger partial charge in [-0.1, -0.05) is 11.6 Å². The monoisotopic (exact) mass is 304 g/mol. The second-order valence-electron chi connectivity index (χ2n) is 4.27. The molecule has 1 aliphatic rings. The van der Waals surface area contributed by atoms with E-state index in [1.807, 2.05) is 4.98 Å². The molecule has 0 amide bonds. The molecule has 1 saturated heterocycles. The number of aromatic amines is 1. The maximum Gasteiger partial charge on any atom is 0.330 e. The van der Waals surface area contributed by atoms with Crippen LogP contribution in [0.2, 0.25) is 0 Å². The van der Waals surface area contributed by atoms with Crippen LogP contribution in [0, 0.1) is 0 Å². The van der Waals surface area contributed by atoms with Crippen molar-refractivity contribution in [2.45, 2.75) is 24.5 Å². The second-order valence-corrected chi connectivity index (χ2v) is 4.52. The predicted octanol–water partition coefficient (Wildman–Crippen LogP) is -1.64. The van der Waals surface area contributed by atoms with Crippen LogP contribution in [0.4, 0.5) is 0 Å². The van der Waals surface area contributed by atoms with E-state index in [1.54, 1.807) is 0 Å². The SMILES string of the molecule is O=c1[nH]c(=O)n(C2OC(CO)C(O)C2O)cc1/C=C/Cl. The lowest BCUT2D eigenvalue weighted by Gasteiger charge is -2.17. The Morgan fingerprint density at radius 1 is 1.40 bits per heavy atom. The third-order valence-electron chi connectivity index (χ3n) is 3.03. The zero-order valence-corrected chi connectivity index (χ0v) is 10.9. The lowest BCUT2D eigenvalue weighted by atomic mass is 10.1. The fourth-order valence-electron chi connectivity index (χ4n) is 1.99. The zero-order chi connectivity index (χ0) is 14.9. The highest BCUT2D eigenvalue weighted by molar-refractivity contribution is 6.27. The molecule has 8 nitrogen and oxygen atoms in total. The van der Waals surface area contributed by atoms with Gasteiger partial charge in [-0.3, -0.25) is 14.3 Å². The molecule has 4 atom stereocenters. The summed E-state index contributed by atoms with van der Waals surface area (Å²) in [4.78, 5) is 25.3. The summed E-state index contributed by atoms with van der Waals surface area (Å²) in [5.74, 6) is 0. The quantitative estimate of drug-likeness (QED) is 0.531. The van der Waals surface area contributed by atoms with Gasteiger partial charge in [-0.05, 0) is 6.08 Å². The Bertz CT molecular complexity index is 624. The number of ether oxygens (including phenoxy) is 1. The molecule has 0 spiro atoms. The Hall–Kier alpha value is -1.45. The molecule has 0 aliphatic carbocycles. The number of hydrogen-bond acceptors (Lipinski definition) is 6. The van der Waals surface area contributed by atoms with Gasteiger partial charge in [0, 0.05) is 11.7 Å². The average molecular weight is 305 g/mol. The molecular formula is C11H13ClN2O6. The van der Waals surface area contributed by atoms with E-state index < -0.39 is 42.4 Å². The summed E-state index contributed by atoms with van der Waals surface area (Å²) in [6, 6.07) is 0. The minimum absolute atomic E-state index is 0.0809. The maximum absolute atomic E-state index is 11.7. The van der Waals surface area contributed by atoms with Crippen LogP contribution in [0.1, 0.15) is 11.8 Å². The van der Waals surface area contributed by atoms with Crippen LogP contribution in [0.5, 0.6) is 0 Å². The summed E-state index contributed by atoms with van der Waals surface area (Å²) in [5.41, 5.74) is -0.278. The van der Waals surface area contributed by atoms with Gasteiger partial charge >= 0.3 is 5.69 Å². The first-order valence-corrected chi connectivity index (χ1v) is 6.18. The number of nitrogens with one attached hydrogen (secondary N) is 1. The van der Waals surface area contributed by atoms with E-state index in [-0.39, 0.29) is 5.56 Å². The highest BCUT2D eigenvalue weighted by atomic mass is 35.5. The standard InChI is InChI=1S/C11H13ClN2O6/c12-2-1-5-3-14(11(19)13-9(5)18)10-8(17)7(16)6(4-15)20-10/h1-3,6-8,10,15-17H,4H2,(H,13,18,19)/b2-1+. The van der Waals surface area contributed by atoms with E-state index in [0.717, 1.165) is 16.3 Å². The van der Waals surface area contributed by atoms with E-state index in [2.05, 4.69) is 0 Å². The second kappa shape index (κ2) is 5.90. The van der Waals surface area contributed by atoms with E-state index >= 15 is 0 Å².